The largest absolute Gasteiger partial charge is 0.504 e. The third-order valence-electron chi connectivity index (χ3n) is 2.15. The molecule has 0 aromatic heterocycles. The summed E-state index contributed by atoms with van der Waals surface area (Å²) in [5, 5.41) is 18.7. The molecule has 0 fully saturated rings. The second kappa shape index (κ2) is 3.55. The van der Waals surface area contributed by atoms with Crippen molar-refractivity contribution in [1.29, 1.82) is 0 Å². The van der Waals surface area contributed by atoms with E-state index in [1.807, 2.05) is 0 Å². The summed E-state index contributed by atoms with van der Waals surface area (Å²) in [6.07, 6.45) is -4.71. The van der Waals surface area contributed by atoms with E-state index in [0.29, 0.717) is 6.07 Å². The van der Waals surface area contributed by atoms with Crippen LogP contribution in [-0.2, 0) is 11.7 Å². The van der Waals surface area contributed by atoms with E-state index >= 15 is 0 Å². The third kappa shape index (κ3) is 2.21. The fourth-order valence-corrected chi connectivity index (χ4v) is 1.33. The van der Waals surface area contributed by atoms with Crippen LogP contribution in [0.3, 0.4) is 0 Å². The van der Waals surface area contributed by atoms with Crippen molar-refractivity contribution < 1.29 is 23.4 Å². The van der Waals surface area contributed by atoms with Gasteiger partial charge in [0, 0.05) is 11.1 Å². The van der Waals surface area contributed by atoms with Crippen molar-refractivity contribution in [1.82, 2.24) is 0 Å². The summed E-state index contributed by atoms with van der Waals surface area (Å²) < 4.78 is 37.1. The Balaban J connectivity index is 3.41. The third-order valence-corrected chi connectivity index (χ3v) is 2.15. The van der Waals surface area contributed by atoms with Crippen LogP contribution in [0.25, 0.3) is 0 Å². The lowest BCUT2D eigenvalue weighted by molar-refractivity contribution is -0.138. The van der Waals surface area contributed by atoms with Crippen LogP contribution in [0.15, 0.2) is 12.1 Å². The van der Waals surface area contributed by atoms with Crippen molar-refractivity contribution in [2.75, 3.05) is 0 Å². The molecule has 0 spiro atoms. The number of aromatic hydroxyl groups is 2. The number of halogens is 3. The Hall–Kier alpha value is -1.43. The SMILES string of the molecule is CC(C)(N)c1ccc(C(F)(F)F)c(O)c1O. The zero-order valence-corrected chi connectivity index (χ0v) is 8.76. The summed E-state index contributed by atoms with van der Waals surface area (Å²) in [7, 11) is 0. The van der Waals surface area contributed by atoms with Gasteiger partial charge in [-0.25, -0.2) is 0 Å². The van der Waals surface area contributed by atoms with Gasteiger partial charge in [-0.05, 0) is 19.9 Å². The first-order valence-corrected chi connectivity index (χ1v) is 4.46. The lowest BCUT2D eigenvalue weighted by atomic mass is 9.93. The van der Waals surface area contributed by atoms with Crippen molar-refractivity contribution in [3.05, 3.63) is 23.3 Å². The summed E-state index contributed by atoms with van der Waals surface area (Å²) in [6.45, 7) is 3.02. The number of benzene rings is 1. The smallest absolute Gasteiger partial charge is 0.420 e. The zero-order valence-electron chi connectivity index (χ0n) is 8.76. The summed E-state index contributed by atoms with van der Waals surface area (Å²) >= 11 is 0. The van der Waals surface area contributed by atoms with Crippen molar-refractivity contribution in [3.63, 3.8) is 0 Å². The molecule has 6 heteroatoms. The minimum absolute atomic E-state index is 0.0537. The zero-order chi connectivity index (χ0) is 12.7. The molecule has 16 heavy (non-hydrogen) atoms. The average Bonchev–Trinajstić information content (AvgIpc) is 2.05. The molecule has 1 aromatic carbocycles. The predicted octanol–water partition coefficient (Wildman–Crippen LogP) is 2.31. The fraction of sp³-hybridized carbons (Fsp3) is 0.400. The molecule has 0 aliphatic carbocycles. The highest BCUT2D eigenvalue weighted by molar-refractivity contribution is 5.53. The van der Waals surface area contributed by atoms with Crippen LogP contribution in [0.2, 0.25) is 0 Å². The normalized spacial score (nSPS) is 12.9. The monoisotopic (exact) mass is 235 g/mol. The number of hydrogen-bond donors (Lipinski definition) is 3. The first-order chi connectivity index (χ1) is 7.05. The number of phenols is 2. The molecular formula is C10H12F3NO2. The van der Waals surface area contributed by atoms with Gasteiger partial charge in [-0.2, -0.15) is 13.2 Å². The highest BCUT2D eigenvalue weighted by Crippen LogP contribution is 2.43. The van der Waals surface area contributed by atoms with E-state index in [4.69, 9.17) is 5.73 Å². The predicted molar refractivity (Wildman–Crippen MR) is 52.0 cm³/mol. The van der Waals surface area contributed by atoms with Crippen LogP contribution in [0, 0.1) is 0 Å². The first-order valence-electron chi connectivity index (χ1n) is 4.46. The molecule has 90 valence electrons. The van der Waals surface area contributed by atoms with Crippen LogP contribution < -0.4 is 5.73 Å². The number of nitrogens with two attached hydrogens (primary N) is 1. The minimum atomic E-state index is -4.71. The van der Waals surface area contributed by atoms with Gasteiger partial charge in [-0.15, -0.1) is 0 Å². The van der Waals surface area contributed by atoms with Crippen LogP contribution in [-0.4, -0.2) is 10.2 Å². The summed E-state index contributed by atoms with van der Waals surface area (Å²) in [4.78, 5) is 0. The quantitative estimate of drug-likeness (QED) is 0.654. The van der Waals surface area contributed by atoms with Crippen LogP contribution >= 0.6 is 0 Å². The van der Waals surface area contributed by atoms with Crippen LogP contribution in [0.4, 0.5) is 13.2 Å². The van der Waals surface area contributed by atoms with Crippen LogP contribution in [0.1, 0.15) is 25.0 Å². The second-order valence-corrected chi connectivity index (χ2v) is 4.08. The van der Waals surface area contributed by atoms with Gasteiger partial charge in [0.2, 0.25) is 0 Å². The highest BCUT2D eigenvalue weighted by atomic mass is 19.4. The maximum absolute atomic E-state index is 12.4. The molecule has 0 radical (unpaired) electrons. The number of phenolic OH excluding ortho intramolecular Hbond substituents is 2. The van der Waals surface area contributed by atoms with E-state index in [1.165, 1.54) is 13.8 Å². The highest BCUT2D eigenvalue weighted by Gasteiger charge is 2.36. The summed E-state index contributed by atoms with van der Waals surface area (Å²) in [6, 6.07) is 1.75. The van der Waals surface area contributed by atoms with Gasteiger partial charge in [0.1, 0.15) is 5.56 Å². The molecule has 0 unspecified atom stereocenters. The number of hydrogen-bond acceptors (Lipinski definition) is 3. The van der Waals surface area contributed by atoms with Crippen LogP contribution in [0.5, 0.6) is 11.5 Å². The van der Waals surface area contributed by atoms with Gasteiger partial charge in [0.05, 0.1) is 0 Å². The van der Waals surface area contributed by atoms with Gasteiger partial charge < -0.3 is 15.9 Å². The topological polar surface area (TPSA) is 66.5 Å². The van der Waals surface area contributed by atoms with Gasteiger partial charge in [-0.3, -0.25) is 0 Å². The van der Waals surface area contributed by atoms with Crippen molar-refractivity contribution in [2.24, 2.45) is 5.73 Å². The van der Waals surface area contributed by atoms with Crippen molar-refractivity contribution >= 4 is 0 Å². The molecule has 1 aromatic rings. The van der Waals surface area contributed by atoms with E-state index in [0.717, 1.165) is 6.07 Å². The van der Waals surface area contributed by atoms with Crippen molar-refractivity contribution in [2.45, 2.75) is 25.6 Å². The molecular weight excluding hydrogens is 223 g/mol. The Bertz CT molecular complexity index is 369. The lowest BCUT2D eigenvalue weighted by Crippen LogP contribution is -2.28. The molecule has 0 saturated carbocycles. The number of alkyl halides is 3. The van der Waals surface area contributed by atoms with E-state index in [2.05, 4.69) is 0 Å². The van der Waals surface area contributed by atoms with Gasteiger partial charge in [0.15, 0.2) is 11.5 Å². The molecule has 3 nitrogen and oxygen atoms in total. The molecule has 1 rings (SSSR count). The fourth-order valence-electron chi connectivity index (χ4n) is 1.33. The first kappa shape index (κ1) is 12.6. The molecule has 0 saturated heterocycles. The summed E-state index contributed by atoms with van der Waals surface area (Å²) in [5.41, 5.74) is 3.37. The Labute approximate surface area is 90.3 Å². The van der Waals surface area contributed by atoms with E-state index in [-0.39, 0.29) is 5.56 Å². The minimum Gasteiger partial charge on any atom is -0.504 e. The van der Waals surface area contributed by atoms with Gasteiger partial charge >= 0.3 is 6.18 Å². The van der Waals surface area contributed by atoms with E-state index in [9.17, 15) is 23.4 Å². The standard InChI is InChI=1S/C10H12F3NO2/c1-9(2,14)5-3-4-6(10(11,12)13)8(16)7(5)15/h3-4,15-16H,14H2,1-2H3. The summed E-state index contributed by atoms with van der Waals surface area (Å²) in [5.74, 6) is -2.02. The Morgan fingerprint density at radius 3 is 1.75 bits per heavy atom. The maximum Gasteiger partial charge on any atom is 0.420 e. The molecule has 0 aliphatic heterocycles. The second-order valence-electron chi connectivity index (χ2n) is 4.08. The molecule has 0 atom stereocenters. The lowest BCUT2D eigenvalue weighted by Gasteiger charge is -2.22. The average molecular weight is 235 g/mol. The van der Waals surface area contributed by atoms with E-state index < -0.39 is 28.8 Å². The molecule has 0 bridgehead atoms. The Kier molecular flexibility index (Phi) is 2.81. The van der Waals surface area contributed by atoms with Gasteiger partial charge in [-0.1, -0.05) is 6.07 Å². The maximum atomic E-state index is 12.4. The van der Waals surface area contributed by atoms with Crippen molar-refractivity contribution in [3.8, 4) is 11.5 Å². The molecule has 0 amide bonds. The molecule has 0 heterocycles. The van der Waals surface area contributed by atoms with E-state index in [1.54, 1.807) is 0 Å². The molecule has 4 N–H and O–H groups in total. The Morgan fingerprint density at radius 1 is 1.00 bits per heavy atom. The number of rotatable bonds is 1. The Morgan fingerprint density at radius 2 is 1.38 bits per heavy atom. The molecule has 0 aliphatic rings. The van der Waals surface area contributed by atoms with Gasteiger partial charge in [0.25, 0.3) is 0 Å².